The minimum absolute atomic E-state index is 0.338. The lowest BCUT2D eigenvalue weighted by atomic mass is 10.0. The van der Waals surface area contributed by atoms with Gasteiger partial charge < -0.3 is 0 Å². The molecule has 0 heterocycles. The van der Waals surface area contributed by atoms with Crippen molar-refractivity contribution in [2.45, 2.75) is 27.6 Å². The van der Waals surface area contributed by atoms with E-state index in [1.54, 1.807) is 13.8 Å². The minimum atomic E-state index is -2.47. The van der Waals surface area contributed by atoms with Gasteiger partial charge in [0.05, 0.1) is 33.8 Å². The fraction of sp³-hybridized carbons (Fsp3) is 0.833. The van der Waals surface area contributed by atoms with Gasteiger partial charge in [-0.2, -0.15) is 0 Å². The predicted molar refractivity (Wildman–Crippen MR) is 29.4 cm³/mol. The highest BCUT2D eigenvalue weighted by Crippen LogP contribution is 2.08. The molecule has 0 aromatic heterocycles. The van der Waals surface area contributed by atoms with Crippen LogP contribution in [0.5, 0.6) is 0 Å². The van der Waals surface area contributed by atoms with E-state index in [0.717, 1.165) is 0 Å². The molecule has 0 heteroatoms. The SMILES string of the molecule is [2H]C([2H])([2H])[C+](C(C)C)C([2H])([2H])[2H]. The summed E-state index contributed by atoms with van der Waals surface area (Å²) >= 11 is 0. The van der Waals surface area contributed by atoms with Gasteiger partial charge >= 0.3 is 0 Å². The van der Waals surface area contributed by atoms with Crippen molar-refractivity contribution < 1.29 is 8.22 Å². The monoisotopic (exact) mass is 91.1 g/mol. The third-order valence-corrected chi connectivity index (χ3v) is 0.577. The number of hydrogen-bond acceptors (Lipinski definition) is 0. The Balaban J connectivity index is 4.70. The van der Waals surface area contributed by atoms with Crippen LogP contribution in [0.2, 0.25) is 0 Å². The smallest absolute Gasteiger partial charge is 0.0216 e. The molecule has 0 N–H and O–H groups in total. The lowest BCUT2D eigenvalue weighted by Crippen LogP contribution is -1.93. The van der Waals surface area contributed by atoms with Gasteiger partial charge in [0, 0.05) is 0 Å². The zero-order valence-corrected chi connectivity index (χ0v) is 4.08. The third kappa shape index (κ3) is 2.13. The lowest BCUT2D eigenvalue weighted by Gasteiger charge is -1.93. The second kappa shape index (κ2) is 2.12. The second-order valence-electron chi connectivity index (χ2n) is 1.57. The van der Waals surface area contributed by atoms with Crippen LogP contribution in [0.3, 0.4) is 0 Å². The highest BCUT2D eigenvalue weighted by atomic mass is 14.0. The first kappa shape index (κ1) is 1.18. The van der Waals surface area contributed by atoms with Crippen LogP contribution in [0.25, 0.3) is 0 Å². The fourth-order valence-corrected chi connectivity index (χ4v) is 0. The number of rotatable bonds is 1. The van der Waals surface area contributed by atoms with E-state index in [-0.39, 0.29) is 5.92 Å². The number of hydrogen-bond donors (Lipinski definition) is 0. The van der Waals surface area contributed by atoms with E-state index in [1.807, 2.05) is 0 Å². The normalized spacial score (nSPS) is 28.5. The summed E-state index contributed by atoms with van der Waals surface area (Å²) in [5.74, 6) is -0.778. The van der Waals surface area contributed by atoms with Gasteiger partial charge in [-0.25, -0.2) is 0 Å². The van der Waals surface area contributed by atoms with Gasteiger partial charge in [-0.1, -0.05) is 0 Å². The van der Waals surface area contributed by atoms with E-state index in [1.165, 1.54) is 0 Å². The third-order valence-electron chi connectivity index (χ3n) is 0.577. The topological polar surface area (TPSA) is 0 Å². The predicted octanol–water partition coefficient (Wildman–Crippen LogP) is 2.26. The summed E-state index contributed by atoms with van der Waals surface area (Å²) in [5.41, 5.74) is 0. The molecule has 0 rings (SSSR count). The van der Waals surface area contributed by atoms with E-state index in [2.05, 4.69) is 0 Å². The average Bonchev–Trinajstić information content (AvgIpc) is 1.49. The molecule has 0 nitrogen and oxygen atoms in total. The van der Waals surface area contributed by atoms with Gasteiger partial charge in [-0.15, -0.1) is 0 Å². The van der Waals surface area contributed by atoms with Crippen molar-refractivity contribution in [3.8, 4) is 0 Å². The van der Waals surface area contributed by atoms with Crippen LogP contribution in [0.15, 0.2) is 0 Å². The van der Waals surface area contributed by atoms with E-state index >= 15 is 0 Å². The minimum Gasteiger partial charge on any atom is -0.0216 e. The van der Waals surface area contributed by atoms with Crippen LogP contribution in [0.1, 0.15) is 35.8 Å². The molecule has 0 unspecified atom stereocenters. The Hall–Kier alpha value is -0.130. The van der Waals surface area contributed by atoms with Crippen molar-refractivity contribution in [3.63, 3.8) is 0 Å². The van der Waals surface area contributed by atoms with Crippen molar-refractivity contribution in [2.75, 3.05) is 0 Å². The summed E-state index contributed by atoms with van der Waals surface area (Å²) in [6.45, 7) is -1.79. The molecule has 0 aliphatic heterocycles. The van der Waals surface area contributed by atoms with Crippen LogP contribution >= 0.6 is 0 Å². The Kier molecular flexibility index (Phi) is 0.416. The summed E-state index contributed by atoms with van der Waals surface area (Å²) in [6.07, 6.45) is 0. The Bertz CT molecular complexity index is 127. The maximum atomic E-state index is 7.01. The van der Waals surface area contributed by atoms with Crippen molar-refractivity contribution in [2.24, 2.45) is 5.92 Å². The Morgan fingerprint density at radius 2 is 2.00 bits per heavy atom. The largest absolute Gasteiger partial charge is 0.0940 e. The summed E-state index contributed by atoms with van der Waals surface area (Å²) in [6, 6.07) is 0. The van der Waals surface area contributed by atoms with Crippen molar-refractivity contribution in [1.29, 1.82) is 0 Å². The highest BCUT2D eigenvalue weighted by molar-refractivity contribution is 4.79. The van der Waals surface area contributed by atoms with Crippen LogP contribution in [0, 0.1) is 11.8 Å². The van der Waals surface area contributed by atoms with Gasteiger partial charge in [0.1, 0.15) is 0 Å². The zero-order valence-electron chi connectivity index (χ0n) is 10.1. The van der Waals surface area contributed by atoms with Crippen LogP contribution in [-0.2, 0) is 0 Å². The molecule has 0 bridgehead atoms. The van der Waals surface area contributed by atoms with Crippen LogP contribution < -0.4 is 0 Å². The molecule has 0 saturated carbocycles. The Morgan fingerprint density at radius 1 is 1.50 bits per heavy atom. The maximum Gasteiger partial charge on any atom is 0.0940 e. The van der Waals surface area contributed by atoms with E-state index < -0.39 is 19.6 Å². The molecular weight excluding hydrogens is 72.1 g/mol. The molecule has 0 amide bonds. The van der Waals surface area contributed by atoms with E-state index in [9.17, 15) is 0 Å². The van der Waals surface area contributed by atoms with E-state index in [4.69, 9.17) is 8.22 Å². The van der Waals surface area contributed by atoms with E-state index in [0.29, 0.717) is 0 Å². The van der Waals surface area contributed by atoms with Gasteiger partial charge in [-0.3, -0.25) is 0 Å². The van der Waals surface area contributed by atoms with Gasteiger partial charge in [0.25, 0.3) is 0 Å². The molecule has 0 radical (unpaired) electrons. The standard InChI is InChI=1S/C6H13/c1-5(2)6(3)4/h5H,1-4H3/q+1/i3D3,4D3. The molecule has 0 saturated heterocycles. The van der Waals surface area contributed by atoms with Crippen molar-refractivity contribution in [1.82, 2.24) is 0 Å². The molecule has 0 atom stereocenters. The van der Waals surface area contributed by atoms with Gasteiger partial charge in [0.2, 0.25) is 0 Å². The Labute approximate surface area is 49.0 Å². The van der Waals surface area contributed by atoms with Gasteiger partial charge in [-0.05, 0) is 13.8 Å². The first-order chi connectivity index (χ1) is 5.07. The first-order valence-corrected chi connectivity index (χ1v) is 1.94. The molecular formula is C6H13+. The fourth-order valence-electron chi connectivity index (χ4n) is 0. The second-order valence-corrected chi connectivity index (χ2v) is 1.57. The maximum absolute atomic E-state index is 7.01. The molecule has 0 fully saturated rings. The molecule has 36 valence electrons. The Morgan fingerprint density at radius 3 is 2.00 bits per heavy atom. The summed E-state index contributed by atoms with van der Waals surface area (Å²) < 4.78 is 42.1. The molecule has 0 aliphatic carbocycles. The molecule has 0 aromatic rings. The first-order valence-electron chi connectivity index (χ1n) is 4.94. The summed E-state index contributed by atoms with van der Waals surface area (Å²) in [4.78, 5) is 0. The molecule has 0 aromatic carbocycles. The van der Waals surface area contributed by atoms with Crippen LogP contribution in [-0.4, -0.2) is 0 Å². The zero-order chi connectivity index (χ0) is 10.2. The van der Waals surface area contributed by atoms with Gasteiger partial charge in [0.15, 0.2) is 0 Å². The quantitative estimate of drug-likeness (QED) is 0.434. The highest BCUT2D eigenvalue weighted by Gasteiger charge is 2.07. The lowest BCUT2D eigenvalue weighted by molar-refractivity contribution is 0.670. The molecule has 6 heavy (non-hydrogen) atoms. The average molecular weight is 91.2 g/mol. The summed E-state index contributed by atoms with van der Waals surface area (Å²) in [5, 5.41) is 0. The molecule has 0 aliphatic rings. The van der Waals surface area contributed by atoms with Crippen LogP contribution in [0.4, 0.5) is 0 Å². The molecule has 0 spiro atoms. The van der Waals surface area contributed by atoms with Crippen molar-refractivity contribution in [3.05, 3.63) is 5.92 Å². The van der Waals surface area contributed by atoms with Crippen molar-refractivity contribution >= 4 is 0 Å². The summed E-state index contributed by atoms with van der Waals surface area (Å²) in [7, 11) is 0.